The van der Waals surface area contributed by atoms with Gasteiger partial charge in [0.15, 0.2) is 5.96 Å². The summed E-state index contributed by atoms with van der Waals surface area (Å²) in [5, 5.41) is 6.79. The van der Waals surface area contributed by atoms with Crippen molar-refractivity contribution in [1.82, 2.24) is 15.5 Å². The zero-order valence-corrected chi connectivity index (χ0v) is 15.6. The summed E-state index contributed by atoms with van der Waals surface area (Å²) in [4.78, 5) is 7.21. The highest BCUT2D eigenvalue weighted by atomic mass is 16.5. The van der Waals surface area contributed by atoms with E-state index in [9.17, 15) is 0 Å². The van der Waals surface area contributed by atoms with Crippen molar-refractivity contribution in [2.75, 3.05) is 32.8 Å². The van der Waals surface area contributed by atoms with Gasteiger partial charge in [-0.15, -0.1) is 0 Å². The van der Waals surface area contributed by atoms with Crippen LogP contribution in [-0.2, 0) is 17.8 Å². The molecule has 0 aromatic heterocycles. The molecule has 25 heavy (non-hydrogen) atoms. The Bertz CT molecular complexity index is 571. The molecule has 1 aliphatic carbocycles. The first-order valence-corrected chi connectivity index (χ1v) is 9.67. The molecule has 1 aliphatic heterocycles. The average Bonchev–Trinajstić information content (AvgIpc) is 3.42. The van der Waals surface area contributed by atoms with Crippen LogP contribution in [0.1, 0.15) is 37.8 Å². The smallest absolute Gasteiger partial charge is 0.191 e. The Morgan fingerprint density at radius 3 is 2.88 bits per heavy atom. The molecule has 1 aromatic rings. The summed E-state index contributed by atoms with van der Waals surface area (Å²) in [5.74, 6) is 1.78. The number of aliphatic imine (C=N–C) groups is 1. The number of hydrogen-bond acceptors (Lipinski definition) is 3. The van der Waals surface area contributed by atoms with Crippen molar-refractivity contribution in [3.05, 3.63) is 35.4 Å². The predicted molar refractivity (Wildman–Crippen MR) is 103 cm³/mol. The number of rotatable bonds is 7. The van der Waals surface area contributed by atoms with Crippen LogP contribution >= 0.6 is 0 Å². The van der Waals surface area contributed by atoms with Gasteiger partial charge < -0.3 is 15.4 Å². The molecule has 1 heterocycles. The minimum Gasteiger partial charge on any atom is -0.376 e. The molecule has 2 fully saturated rings. The molecule has 0 spiro atoms. The monoisotopic (exact) mass is 344 g/mol. The van der Waals surface area contributed by atoms with E-state index in [-0.39, 0.29) is 0 Å². The maximum atomic E-state index is 5.63. The van der Waals surface area contributed by atoms with Crippen LogP contribution in [0.25, 0.3) is 0 Å². The summed E-state index contributed by atoms with van der Waals surface area (Å²) in [6, 6.07) is 8.81. The Morgan fingerprint density at radius 1 is 1.28 bits per heavy atom. The lowest BCUT2D eigenvalue weighted by Gasteiger charge is -2.31. The lowest BCUT2D eigenvalue weighted by Crippen LogP contribution is -2.40. The SMILES string of the molecule is CCNC(=NCc1cccc(CN2CCOC(C)C2)c1)NCC1CC1. The van der Waals surface area contributed by atoms with Crippen LogP contribution in [0.3, 0.4) is 0 Å². The number of nitrogens with one attached hydrogen (secondary N) is 2. The normalized spacial score (nSPS) is 22.0. The first-order chi connectivity index (χ1) is 12.2. The third kappa shape index (κ3) is 6.33. The van der Waals surface area contributed by atoms with Gasteiger partial charge in [-0.1, -0.05) is 24.3 Å². The third-order valence-electron chi connectivity index (χ3n) is 4.74. The second-order valence-corrected chi connectivity index (χ2v) is 7.26. The van der Waals surface area contributed by atoms with Gasteiger partial charge >= 0.3 is 0 Å². The molecule has 5 nitrogen and oxygen atoms in total. The fraction of sp³-hybridized carbons (Fsp3) is 0.650. The van der Waals surface area contributed by atoms with Gasteiger partial charge in [0.2, 0.25) is 0 Å². The van der Waals surface area contributed by atoms with E-state index < -0.39 is 0 Å². The lowest BCUT2D eigenvalue weighted by atomic mass is 10.1. The lowest BCUT2D eigenvalue weighted by molar-refractivity contribution is -0.0212. The molecule has 1 unspecified atom stereocenters. The van der Waals surface area contributed by atoms with Gasteiger partial charge in [0.25, 0.3) is 0 Å². The average molecular weight is 345 g/mol. The Balaban J connectivity index is 1.54. The van der Waals surface area contributed by atoms with Crippen molar-refractivity contribution in [3.8, 4) is 0 Å². The Kier molecular flexibility index (Phi) is 6.70. The molecular weight excluding hydrogens is 312 g/mol. The van der Waals surface area contributed by atoms with E-state index >= 15 is 0 Å². The van der Waals surface area contributed by atoms with Crippen LogP contribution < -0.4 is 10.6 Å². The topological polar surface area (TPSA) is 48.9 Å². The Morgan fingerprint density at radius 2 is 2.12 bits per heavy atom. The molecule has 0 amide bonds. The first-order valence-electron chi connectivity index (χ1n) is 9.67. The van der Waals surface area contributed by atoms with E-state index in [0.717, 1.165) is 51.2 Å². The second-order valence-electron chi connectivity index (χ2n) is 7.26. The van der Waals surface area contributed by atoms with Crippen LogP contribution in [0.15, 0.2) is 29.3 Å². The number of ether oxygens (including phenoxy) is 1. The van der Waals surface area contributed by atoms with Crippen molar-refractivity contribution in [2.45, 2.75) is 45.9 Å². The molecule has 0 bridgehead atoms. The Labute approximate surface area is 151 Å². The highest BCUT2D eigenvalue weighted by Crippen LogP contribution is 2.27. The molecule has 0 radical (unpaired) electrons. The number of benzene rings is 1. The number of nitrogens with zero attached hydrogens (tertiary/aromatic N) is 2. The van der Waals surface area contributed by atoms with Crippen LogP contribution in [0.5, 0.6) is 0 Å². The number of hydrogen-bond donors (Lipinski definition) is 2. The summed E-state index contributed by atoms with van der Waals surface area (Å²) >= 11 is 0. The molecule has 1 atom stereocenters. The quantitative estimate of drug-likeness (QED) is 0.589. The van der Waals surface area contributed by atoms with Crippen LogP contribution in [0.2, 0.25) is 0 Å². The third-order valence-corrected chi connectivity index (χ3v) is 4.74. The van der Waals surface area contributed by atoms with Gasteiger partial charge in [-0.2, -0.15) is 0 Å². The number of guanidine groups is 1. The highest BCUT2D eigenvalue weighted by Gasteiger charge is 2.21. The fourth-order valence-corrected chi connectivity index (χ4v) is 3.19. The van der Waals surface area contributed by atoms with Crippen molar-refractivity contribution >= 4 is 5.96 Å². The minimum absolute atomic E-state index is 0.335. The maximum absolute atomic E-state index is 5.63. The van der Waals surface area contributed by atoms with E-state index in [4.69, 9.17) is 9.73 Å². The van der Waals surface area contributed by atoms with Crippen LogP contribution in [-0.4, -0.2) is 49.7 Å². The largest absolute Gasteiger partial charge is 0.376 e. The summed E-state index contributed by atoms with van der Waals surface area (Å²) in [5.41, 5.74) is 2.63. The highest BCUT2D eigenvalue weighted by molar-refractivity contribution is 5.79. The standard InChI is InChI=1S/C20H32N4O/c1-3-21-20(22-12-17-7-8-17)23-13-18-5-4-6-19(11-18)15-24-9-10-25-16(2)14-24/h4-6,11,16-17H,3,7-10,12-15H2,1-2H3,(H2,21,22,23). The number of morpholine rings is 1. The van der Waals surface area contributed by atoms with Crippen molar-refractivity contribution in [3.63, 3.8) is 0 Å². The molecule has 5 heteroatoms. The van der Waals surface area contributed by atoms with E-state index in [1.54, 1.807) is 0 Å². The summed E-state index contributed by atoms with van der Waals surface area (Å²) in [7, 11) is 0. The van der Waals surface area contributed by atoms with Gasteiger partial charge in [0, 0.05) is 32.7 Å². The minimum atomic E-state index is 0.335. The molecule has 1 saturated heterocycles. The van der Waals surface area contributed by atoms with Gasteiger partial charge in [-0.3, -0.25) is 4.90 Å². The van der Waals surface area contributed by atoms with Crippen molar-refractivity contribution < 1.29 is 4.74 Å². The first kappa shape index (κ1) is 18.2. The molecule has 3 rings (SSSR count). The van der Waals surface area contributed by atoms with Crippen LogP contribution in [0, 0.1) is 5.92 Å². The Hall–Kier alpha value is -1.59. The van der Waals surface area contributed by atoms with Gasteiger partial charge in [-0.25, -0.2) is 4.99 Å². The molecule has 2 aliphatic rings. The molecular formula is C20H32N4O. The van der Waals surface area contributed by atoms with E-state index in [0.29, 0.717) is 12.6 Å². The summed E-state index contributed by atoms with van der Waals surface area (Å²) in [6.07, 6.45) is 3.05. The summed E-state index contributed by atoms with van der Waals surface area (Å²) in [6.45, 7) is 10.8. The molecule has 1 aromatic carbocycles. The molecule has 138 valence electrons. The van der Waals surface area contributed by atoms with Gasteiger partial charge in [0.05, 0.1) is 19.3 Å². The van der Waals surface area contributed by atoms with E-state index in [2.05, 4.69) is 53.6 Å². The van der Waals surface area contributed by atoms with E-state index in [1.807, 2.05) is 0 Å². The summed E-state index contributed by atoms with van der Waals surface area (Å²) < 4.78 is 5.63. The maximum Gasteiger partial charge on any atom is 0.191 e. The van der Waals surface area contributed by atoms with Crippen molar-refractivity contribution in [1.29, 1.82) is 0 Å². The van der Waals surface area contributed by atoms with Crippen molar-refractivity contribution in [2.24, 2.45) is 10.9 Å². The van der Waals surface area contributed by atoms with Gasteiger partial charge in [-0.05, 0) is 43.7 Å². The van der Waals surface area contributed by atoms with E-state index in [1.165, 1.54) is 24.0 Å². The van der Waals surface area contributed by atoms with Gasteiger partial charge in [0.1, 0.15) is 0 Å². The van der Waals surface area contributed by atoms with Crippen LogP contribution in [0.4, 0.5) is 0 Å². The fourth-order valence-electron chi connectivity index (χ4n) is 3.19. The zero-order valence-electron chi connectivity index (χ0n) is 15.6. The zero-order chi connectivity index (χ0) is 17.5. The predicted octanol–water partition coefficient (Wildman–Crippen LogP) is 2.37. The molecule has 2 N–H and O–H groups in total. The molecule has 1 saturated carbocycles. The second kappa shape index (κ2) is 9.20.